The maximum Gasteiger partial charge on any atom is 0.104 e. The van der Waals surface area contributed by atoms with Crippen LogP contribution < -0.4 is 5.73 Å². The SMILES string of the molecule is NCC1(OCCCc2ccccc2)CCCOC1. The van der Waals surface area contributed by atoms with Crippen molar-refractivity contribution in [2.24, 2.45) is 5.73 Å². The van der Waals surface area contributed by atoms with Crippen LogP contribution in [0.1, 0.15) is 24.8 Å². The van der Waals surface area contributed by atoms with Crippen molar-refractivity contribution in [3.63, 3.8) is 0 Å². The molecule has 0 saturated carbocycles. The Morgan fingerprint density at radius 3 is 2.78 bits per heavy atom. The summed E-state index contributed by atoms with van der Waals surface area (Å²) >= 11 is 0. The van der Waals surface area contributed by atoms with Crippen LogP contribution in [0.15, 0.2) is 30.3 Å². The van der Waals surface area contributed by atoms with E-state index in [4.69, 9.17) is 15.2 Å². The lowest BCUT2D eigenvalue weighted by atomic mass is 9.96. The Morgan fingerprint density at radius 1 is 1.28 bits per heavy atom. The van der Waals surface area contributed by atoms with E-state index in [2.05, 4.69) is 24.3 Å². The van der Waals surface area contributed by atoms with Crippen LogP contribution >= 0.6 is 0 Å². The average molecular weight is 249 g/mol. The number of hydrogen-bond donors (Lipinski definition) is 1. The highest BCUT2D eigenvalue weighted by atomic mass is 16.5. The van der Waals surface area contributed by atoms with Gasteiger partial charge in [0.1, 0.15) is 5.60 Å². The predicted octanol–water partition coefficient (Wildman–Crippen LogP) is 2.14. The maximum atomic E-state index is 5.99. The lowest BCUT2D eigenvalue weighted by Crippen LogP contribution is -2.48. The van der Waals surface area contributed by atoms with Gasteiger partial charge in [-0.05, 0) is 31.2 Å². The van der Waals surface area contributed by atoms with Crippen molar-refractivity contribution in [2.45, 2.75) is 31.3 Å². The van der Waals surface area contributed by atoms with Crippen LogP contribution in [0.25, 0.3) is 0 Å². The van der Waals surface area contributed by atoms with E-state index in [1.54, 1.807) is 0 Å². The summed E-state index contributed by atoms with van der Waals surface area (Å²) in [6.07, 6.45) is 4.17. The molecular formula is C15H23NO2. The Labute approximate surface area is 109 Å². The highest BCUT2D eigenvalue weighted by Crippen LogP contribution is 2.22. The van der Waals surface area contributed by atoms with E-state index in [-0.39, 0.29) is 5.60 Å². The van der Waals surface area contributed by atoms with E-state index in [0.717, 1.165) is 38.9 Å². The van der Waals surface area contributed by atoms with E-state index in [1.807, 2.05) is 6.07 Å². The van der Waals surface area contributed by atoms with Crippen molar-refractivity contribution in [2.75, 3.05) is 26.4 Å². The molecule has 1 unspecified atom stereocenters. The molecule has 0 amide bonds. The smallest absolute Gasteiger partial charge is 0.104 e. The highest BCUT2D eigenvalue weighted by molar-refractivity contribution is 5.14. The van der Waals surface area contributed by atoms with Crippen LogP contribution in [-0.4, -0.2) is 32.0 Å². The summed E-state index contributed by atoms with van der Waals surface area (Å²) in [5.74, 6) is 0. The van der Waals surface area contributed by atoms with Gasteiger partial charge in [-0.25, -0.2) is 0 Å². The van der Waals surface area contributed by atoms with Crippen molar-refractivity contribution in [3.8, 4) is 0 Å². The topological polar surface area (TPSA) is 44.5 Å². The van der Waals surface area contributed by atoms with Gasteiger partial charge >= 0.3 is 0 Å². The second-order valence-electron chi connectivity index (χ2n) is 4.98. The molecular weight excluding hydrogens is 226 g/mol. The first-order valence-electron chi connectivity index (χ1n) is 6.80. The zero-order chi connectivity index (χ0) is 12.7. The molecule has 100 valence electrons. The average Bonchev–Trinajstić information content (AvgIpc) is 2.46. The number of rotatable bonds is 6. The van der Waals surface area contributed by atoms with Crippen LogP contribution in [0.5, 0.6) is 0 Å². The van der Waals surface area contributed by atoms with E-state index in [0.29, 0.717) is 13.2 Å². The summed E-state index contributed by atoms with van der Waals surface area (Å²) in [5, 5.41) is 0. The van der Waals surface area contributed by atoms with E-state index >= 15 is 0 Å². The fourth-order valence-electron chi connectivity index (χ4n) is 2.37. The van der Waals surface area contributed by atoms with Gasteiger partial charge in [-0.2, -0.15) is 0 Å². The molecule has 0 bridgehead atoms. The van der Waals surface area contributed by atoms with Crippen molar-refractivity contribution in [1.82, 2.24) is 0 Å². The summed E-state index contributed by atoms with van der Waals surface area (Å²) in [4.78, 5) is 0. The highest BCUT2D eigenvalue weighted by Gasteiger charge is 2.32. The summed E-state index contributed by atoms with van der Waals surface area (Å²) in [5.41, 5.74) is 6.96. The molecule has 0 spiro atoms. The molecule has 2 rings (SSSR count). The van der Waals surface area contributed by atoms with Gasteiger partial charge in [0.05, 0.1) is 6.61 Å². The normalized spacial score (nSPS) is 24.1. The standard InChI is InChI=1S/C15H23NO2/c16-12-15(9-5-10-17-13-15)18-11-4-8-14-6-2-1-3-7-14/h1-3,6-7H,4-5,8-13,16H2. The van der Waals surface area contributed by atoms with Crippen LogP contribution in [0, 0.1) is 0 Å². The van der Waals surface area contributed by atoms with Gasteiger partial charge in [-0.1, -0.05) is 30.3 Å². The molecule has 1 fully saturated rings. The molecule has 1 saturated heterocycles. The molecule has 1 aromatic rings. The minimum atomic E-state index is -0.227. The molecule has 2 N–H and O–H groups in total. The van der Waals surface area contributed by atoms with Gasteiger partial charge in [0.25, 0.3) is 0 Å². The first kappa shape index (κ1) is 13.5. The Morgan fingerprint density at radius 2 is 2.11 bits per heavy atom. The monoisotopic (exact) mass is 249 g/mol. The molecule has 18 heavy (non-hydrogen) atoms. The summed E-state index contributed by atoms with van der Waals surface area (Å²) in [7, 11) is 0. The maximum absolute atomic E-state index is 5.99. The fourth-order valence-corrected chi connectivity index (χ4v) is 2.37. The Hall–Kier alpha value is -0.900. The molecule has 0 aromatic heterocycles. The fraction of sp³-hybridized carbons (Fsp3) is 0.600. The first-order valence-corrected chi connectivity index (χ1v) is 6.80. The van der Waals surface area contributed by atoms with Crippen molar-refractivity contribution < 1.29 is 9.47 Å². The first-order chi connectivity index (χ1) is 8.85. The number of aryl methyl sites for hydroxylation is 1. The van der Waals surface area contributed by atoms with Gasteiger partial charge in [0, 0.05) is 19.8 Å². The molecule has 3 heteroatoms. The zero-order valence-corrected chi connectivity index (χ0v) is 10.9. The molecule has 1 aliphatic rings. The third-order valence-electron chi connectivity index (χ3n) is 3.52. The molecule has 1 aromatic carbocycles. The zero-order valence-electron chi connectivity index (χ0n) is 10.9. The lowest BCUT2D eigenvalue weighted by Gasteiger charge is -2.35. The Bertz CT molecular complexity index is 334. The number of nitrogens with two attached hydrogens (primary N) is 1. The Balaban J connectivity index is 1.71. The number of benzene rings is 1. The lowest BCUT2D eigenvalue weighted by molar-refractivity contribution is -0.123. The molecule has 1 heterocycles. The van der Waals surface area contributed by atoms with Crippen LogP contribution in [0.3, 0.4) is 0 Å². The summed E-state index contributed by atoms with van der Waals surface area (Å²) in [6.45, 7) is 2.80. The summed E-state index contributed by atoms with van der Waals surface area (Å²) < 4.78 is 11.5. The molecule has 0 radical (unpaired) electrons. The minimum Gasteiger partial charge on any atom is -0.378 e. The van der Waals surface area contributed by atoms with E-state index < -0.39 is 0 Å². The van der Waals surface area contributed by atoms with E-state index in [9.17, 15) is 0 Å². The van der Waals surface area contributed by atoms with Gasteiger partial charge in [-0.15, -0.1) is 0 Å². The minimum absolute atomic E-state index is 0.227. The summed E-state index contributed by atoms with van der Waals surface area (Å²) in [6, 6.07) is 10.5. The van der Waals surface area contributed by atoms with Gasteiger partial charge < -0.3 is 15.2 Å². The molecule has 1 atom stereocenters. The van der Waals surface area contributed by atoms with Crippen molar-refractivity contribution in [3.05, 3.63) is 35.9 Å². The molecule has 1 aliphatic heterocycles. The van der Waals surface area contributed by atoms with Gasteiger partial charge in [0.15, 0.2) is 0 Å². The van der Waals surface area contributed by atoms with Crippen LogP contribution in [0.4, 0.5) is 0 Å². The third kappa shape index (κ3) is 3.80. The van der Waals surface area contributed by atoms with E-state index in [1.165, 1.54) is 5.56 Å². The second kappa shape index (κ2) is 6.88. The number of hydrogen-bond acceptors (Lipinski definition) is 3. The van der Waals surface area contributed by atoms with Gasteiger partial charge in [0.2, 0.25) is 0 Å². The Kier molecular flexibility index (Phi) is 5.17. The quantitative estimate of drug-likeness (QED) is 0.786. The molecule has 3 nitrogen and oxygen atoms in total. The van der Waals surface area contributed by atoms with Gasteiger partial charge in [-0.3, -0.25) is 0 Å². The van der Waals surface area contributed by atoms with Crippen LogP contribution in [-0.2, 0) is 15.9 Å². The van der Waals surface area contributed by atoms with Crippen molar-refractivity contribution >= 4 is 0 Å². The third-order valence-corrected chi connectivity index (χ3v) is 3.52. The van der Waals surface area contributed by atoms with Crippen LogP contribution in [0.2, 0.25) is 0 Å². The molecule has 0 aliphatic carbocycles. The number of ether oxygens (including phenoxy) is 2. The predicted molar refractivity (Wildman–Crippen MR) is 72.6 cm³/mol. The van der Waals surface area contributed by atoms with Crippen molar-refractivity contribution in [1.29, 1.82) is 0 Å². The second-order valence-corrected chi connectivity index (χ2v) is 4.98. The largest absolute Gasteiger partial charge is 0.378 e.